The maximum Gasteiger partial charge on any atom is 0.158 e. The van der Waals surface area contributed by atoms with Crippen LogP contribution in [0.3, 0.4) is 0 Å². The molecule has 1 rings (SSSR count). The van der Waals surface area contributed by atoms with Crippen LogP contribution in [-0.2, 0) is 19.7 Å². The first-order chi connectivity index (χ1) is 6.28. The third kappa shape index (κ3) is 2.44. The molecular formula is C6H12O6S2. The molecule has 8 heteroatoms. The molecule has 6 nitrogen and oxygen atoms in total. The van der Waals surface area contributed by atoms with Gasteiger partial charge < -0.3 is 10.2 Å². The molecule has 0 aromatic heterocycles. The highest BCUT2D eigenvalue weighted by Crippen LogP contribution is 2.20. The first-order valence-corrected chi connectivity index (χ1v) is 7.53. The number of rotatable bonds is 3. The molecule has 0 radical (unpaired) electrons. The number of aliphatic hydroxyl groups excluding tert-OH is 2. The van der Waals surface area contributed by atoms with Crippen LogP contribution in [0.25, 0.3) is 0 Å². The summed E-state index contributed by atoms with van der Waals surface area (Å²) in [5.74, 6) is -1.57. The minimum atomic E-state index is -3.71. The van der Waals surface area contributed by atoms with E-state index < -0.39 is 54.9 Å². The van der Waals surface area contributed by atoms with Crippen molar-refractivity contribution in [1.82, 2.24) is 0 Å². The maximum atomic E-state index is 11.3. The highest BCUT2D eigenvalue weighted by atomic mass is 32.2. The molecular weight excluding hydrogens is 232 g/mol. The lowest BCUT2D eigenvalue weighted by molar-refractivity contribution is 0.203. The summed E-state index contributed by atoms with van der Waals surface area (Å²) >= 11 is 0. The van der Waals surface area contributed by atoms with Crippen LogP contribution in [0.1, 0.15) is 0 Å². The van der Waals surface area contributed by atoms with E-state index in [1.54, 1.807) is 0 Å². The molecule has 84 valence electrons. The van der Waals surface area contributed by atoms with Crippen molar-refractivity contribution in [2.45, 2.75) is 11.4 Å². The van der Waals surface area contributed by atoms with Gasteiger partial charge in [0, 0.05) is 0 Å². The van der Waals surface area contributed by atoms with Crippen LogP contribution in [0, 0.1) is 0 Å². The van der Waals surface area contributed by atoms with Gasteiger partial charge in [0.1, 0.15) is 5.25 Å². The second kappa shape index (κ2) is 3.76. The molecule has 14 heavy (non-hydrogen) atoms. The zero-order chi connectivity index (χ0) is 11.0. The van der Waals surface area contributed by atoms with Crippen molar-refractivity contribution in [3.05, 3.63) is 0 Å². The predicted molar refractivity (Wildman–Crippen MR) is 49.3 cm³/mol. The van der Waals surface area contributed by atoms with E-state index in [2.05, 4.69) is 0 Å². The van der Waals surface area contributed by atoms with Crippen LogP contribution in [0.2, 0.25) is 0 Å². The van der Waals surface area contributed by atoms with E-state index in [1.807, 2.05) is 0 Å². The van der Waals surface area contributed by atoms with E-state index in [1.165, 1.54) is 0 Å². The monoisotopic (exact) mass is 244 g/mol. The molecule has 0 aromatic rings. The Kier molecular flexibility index (Phi) is 3.20. The van der Waals surface area contributed by atoms with Crippen LogP contribution >= 0.6 is 0 Å². The van der Waals surface area contributed by atoms with Crippen LogP contribution in [0.4, 0.5) is 0 Å². The molecule has 1 heterocycles. The fourth-order valence-electron chi connectivity index (χ4n) is 1.42. The summed E-state index contributed by atoms with van der Waals surface area (Å²) in [6.07, 6.45) is -1.36. The smallest absolute Gasteiger partial charge is 0.158 e. The Morgan fingerprint density at radius 3 is 2.21 bits per heavy atom. The van der Waals surface area contributed by atoms with Crippen molar-refractivity contribution in [3.63, 3.8) is 0 Å². The number of hydrogen-bond donors (Lipinski definition) is 2. The third-order valence-corrected chi connectivity index (χ3v) is 6.19. The van der Waals surface area contributed by atoms with Crippen molar-refractivity contribution in [2.75, 3.05) is 23.9 Å². The van der Waals surface area contributed by atoms with Gasteiger partial charge in [0.05, 0.1) is 30.0 Å². The summed E-state index contributed by atoms with van der Waals surface area (Å²) in [7, 11) is -7.17. The van der Waals surface area contributed by atoms with Gasteiger partial charge in [-0.2, -0.15) is 0 Å². The molecule has 1 aliphatic rings. The molecule has 1 saturated heterocycles. The van der Waals surface area contributed by atoms with Gasteiger partial charge in [0.25, 0.3) is 0 Å². The largest absolute Gasteiger partial charge is 0.395 e. The van der Waals surface area contributed by atoms with Gasteiger partial charge in [-0.3, -0.25) is 0 Å². The minimum absolute atomic E-state index is 0.510. The van der Waals surface area contributed by atoms with Gasteiger partial charge >= 0.3 is 0 Å². The van der Waals surface area contributed by atoms with Crippen LogP contribution in [-0.4, -0.2) is 62.3 Å². The van der Waals surface area contributed by atoms with Crippen LogP contribution in [0.5, 0.6) is 0 Å². The van der Waals surface area contributed by atoms with Gasteiger partial charge in [-0.15, -0.1) is 0 Å². The summed E-state index contributed by atoms with van der Waals surface area (Å²) in [4.78, 5) is 0. The Bertz CT molecular complexity index is 394. The van der Waals surface area contributed by atoms with Crippen LogP contribution in [0.15, 0.2) is 0 Å². The van der Waals surface area contributed by atoms with Gasteiger partial charge in [0.15, 0.2) is 19.7 Å². The molecule has 0 bridgehead atoms. The van der Waals surface area contributed by atoms with E-state index in [0.717, 1.165) is 0 Å². The quantitative estimate of drug-likeness (QED) is 0.570. The zero-order valence-electron chi connectivity index (χ0n) is 7.33. The highest BCUT2D eigenvalue weighted by molar-refractivity contribution is 7.96. The van der Waals surface area contributed by atoms with E-state index in [9.17, 15) is 21.9 Å². The SMILES string of the molecule is O=S1(=O)C[C@@H](O)[C@H](S(=O)(=O)CCO)C1. The Balaban J connectivity index is 2.91. The Hall–Kier alpha value is -0.180. The van der Waals surface area contributed by atoms with Crippen molar-refractivity contribution in [2.24, 2.45) is 0 Å². The van der Waals surface area contributed by atoms with Crippen molar-refractivity contribution >= 4 is 19.7 Å². The molecule has 0 saturated carbocycles. The minimum Gasteiger partial charge on any atom is -0.395 e. The van der Waals surface area contributed by atoms with Gasteiger partial charge in [0.2, 0.25) is 0 Å². The molecule has 0 aliphatic carbocycles. The standard InChI is InChI=1S/C6H12O6S2/c7-1-2-14(11,12)6-4-13(9,10)3-5(6)8/h5-8H,1-4H2/t5-,6-/m1/s1. The average Bonchev–Trinajstić information content (AvgIpc) is 2.25. The predicted octanol–water partition coefficient (Wildman–Crippen LogP) is -2.45. The van der Waals surface area contributed by atoms with Gasteiger partial charge in [-0.05, 0) is 0 Å². The summed E-state index contributed by atoms with van der Waals surface area (Å²) in [5, 5.41) is 16.4. The summed E-state index contributed by atoms with van der Waals surface area (Å²) in [5.41, 5.74) is 0. The Morgan fingerprint density at radius 1 is 1.29 bits per heavy atom. The summed E-state index contributed by atoms with van der Waals surface area (Å²) in [6, 6.07) is 0. The fourth-order valence-corrected chi connectivity index (χ4v) is 5.74. The first kappa shape index (κ1) is 11.9. The second-order valence-corrected chi connectivity index (χ2v) is 7.77. The lowest BCUT2D eigenvalue weighted by Crippen LogP contribution is -2.35. The van der Waals surface area contributed by atoms with Crippen molar-refractivity contribution in [1.29, 1.82) is 0 Å². The number of aliphatic hydroxyl groups is 2. The lowest BCUT2D eigenvalue weighted by Gasteiger charge is -2.12. The number of sulfone groups is 2. The molecule has 2 atom stereocenters. The van der Waals surface area contributed by atoms with E-state index >= 15 is 0 Å². The topological polar surface area (TPSA) is 109 Å². The zero-order valence-corrected chi connectivity index (χ0v) is 8.96. The Morgan fingerprint density at radius 2 is 1.86 bits per heavy atom. The molecule has 0 amide bonds. The molecule has 0 unspecified atom stereocenters. The third-order valence-electron chi connectivity index (χ3n) is 2.11. The van der Waals surface area contributed by atoms with Gasteiger partial charge in [-0.25, -0.2) is 16.8 Å². The van der Waals surface area contributed by atoms with Gasteiger partial charge in [-0.1, -0.05) is 0 Å². The molecule has 2 N–H and O–H groups in total. The average molecular weight is 244 g/mol. The highest BCUT2D eigenvalue weighted by Gasteiger charge is 2.43. The number of hydrogen-bond acceptors (Lipinski definition) is 6. The second-order valence-electron chi connectivity index (χ2n) is 3.27. The normalized spacial score (nSPS) is 31.9. The fraction of sp³-hybridized carbons (Fsp3) is 1.00. The molecule has 0 spiro atoms. The lowest BCUT2D eigenvalue weighted by atomic mass is 10.3. The van der Waals surface area contributed by atoms with E-state index in [0.29, 0.717) is 0 Å². The van der Waals surface area contributed by atoms with Crippen molar-refractivity contribution in [3.8, 4) is 0 Å². The molecule has 0 aromatic carbocycles. The van der Waals surface area contributed by atoms with E-state index in [4.69, 9.17) is 5.11 Å². The summed E-state index contributed by atoms with van der Waals surface area (Å²) in [6.45, 7) is -0.564. The molecule has 1 fully saturated rings. The first-order valence-electron chi connectivity index (χ1n) is 3.99. The Labute approximate surface area is 82.4 Å². The van der Waals surface area contributed by atoms with E-state index in [-0.39, 0.29) is 0 Å². The van der Waals surface area contributed by atoms with Crippen molar-refractivity contribution < 1.29 is 27.0 Å². The molecule has 1 aliphatic heterocycles. The maximum absolute atomic E-state index is 11.3. The van der Waals surface area contributed by atoms with Crippen LogP contribution < -0.4 is 0 Å². The summed E-state index contributed by atoms with van der Waals surface area (Å²) < 4.78 is 44.7.